The van der Waals surface area contributed by atoms with Gasteiger partial charge in [0.05, 0.1) is 18.3 Å². The first-order chi connectivity index (χ1) is 13.9. The molecule has 2 atom stereocenters. The zero-order valence-corrected chi connectivity index (χ0v) is 16.0. The molecule has 0 spiro atoms. The number of hydrogen-bond donors (Lipinski definition) is 2. The van der Waals surface area contributed by atoms with Crippen LogP contribution in [0, 0.1) is 5.82 Å². The lowest BCUT2D eigenvalue weighted by molar-refractivity contribution is -0.133. The first-order valence-corrected chi connectivity index (χ1v) is 9.53. The van der Waals surface area contributed by atoms with Gasteiger partial charge in [0.2, 0.25) is 11.8 Å². The van der Waals surface area contributed by atoms with Gasteiger partial charge in [0.15, 0.2) is 0 Å². The number of carbonyl (C=O) groups is 3. The fourth-order valence-corrected chi connectivity index (χ4v) is 4.20. The van der Waals surface area contributed by atoms with E-state index in [0.717, 1.165) is 11.1 Å². The maximum atomic E-state index is 14.9. The van der Waals surface area contributed by atoms with Crippen molar-refractivity contribution in [3.63, 3.8) is 0 Å². The van der Waals surface area contributed by atoms with E-state index in [9.17, 15) is 18.8 Å². The van der Waals surface area contributed by atoms with Crippen molar-refractivity contribution in [2.75, 3.05) is 31.1 Å². The van der Waals surface area contributed by atoms with E-state index in [1.807, 2.05) is 0 Å². The number of aliphatic hydroxyl groups excluding tert-OH is 1. The molecule has 3 aliphatic rings. The van der Waals surface area contributed by atoms with Crippen molar-refractivity contribution in [3.05, 3.63) is 35.2 Å². The molecule has 4 rings (SSSR count). The number of ether oxygens (including phenoxy) is 1. The number of aliphatic hydroxyl groups is 1. The monoisotopic (exact) mass is 403 g/mol. The van der Waals surface area contributed by atoms with Crippen LogP contribution in [0.15, 0.2) is 18.2 Å². The van der Waals surface area contributed by atoms with Gasteiger partial charge in [0.1, 0.15) is 18.5 Å². The molecule has 1 aromatic rings. The zero-order valence-electron chi connectivity index (χ0n) is 16.0. The van der Waals surface area contributed by atoms with Gasteiger partial charge in [-0.25, -0.2) is 9.18 Å². The van der Waals surface area contributed by atoms with Gasteiger partial charge in [0, 0.05) is 25.6 Å². The zero-order chi connectivity index (χ0) is 20.7. The minimum absolute atomic E-state index is 0.207. The van der Waals surface area contributed by atoms with Crippen LogP contribution in [0.4, 0.5) is 14.9 Å². The molecule has 3 heterocycles. The second-order valence-electron chi connectivity index (χ2n) is 7.44. The molecule has 1 fully saturated rings. The number of anilines is 1. The molecule has 1 saturated heterocycles. The van der Waals surface area contributed by atoms with E-state index in [4.69, 9.17) is 9.84 Å². The second kappa shape index (κ2) is 7.47. The number of nitrogens with zero attached hydrogens (tertiary/aromatic N) is 2. The van der Waals surface area contributed by atoms with Crippen molar-refractivity contribution in [2.24, 2.45) is 0 Å². The normalized spacial score (nSPS) is 22.7. The van der Waals surface area contributed by atoms with E-state index in [-0.39, 0.29) is 24.4 Å². The predicted octanol–water partition coefficient (Wildman–Crippen LogP) is 0.820. The molecule has 1 unspecified atom stereocenters. The lowest BCUT2D eigenvalue weighted by atomic mass is 9.95. The molecule has 9 heteroatoms. The van der Waals surface area contributed by atoms with Crippen molar-refractivity contribution in [2.45, 2.75) is 31.9 Å². The molecule has 1 aromatic carbocycles. The number of cyclic esters (lactones) is 1. The Morgan fingerprint density at radius 1 is 1.38 bits per heavy atom. The van der Waals surface area contributed by atoms with E-state index >= 15 is 0 Å². The minimum Gasteiger partial charge on any atom is -0.442 e. The number of fused-ring (bicyclic) bond motifs is 3. The molecular formula is C20H22FN3O5. The number of halogens is 1. The van der Waals surface area contributed by atoms with Crippen LogP contribution in [0.3, 0.4) is 0 Å². The molecule has 0 saturated carbocycles. The van der Waals surface area contributed by atoms with Gasteiger partial charge in [-0.15, -0.1) is 0 Å². The standard InChI is InChI=1S/C20H22FN3O5/c1-11(26)22-9-18-17-7-13-6-14(12-2-4-23(5-3-12)19(27)10-25)15(21)8-16(13)24(17)20(28)29-18/h2,6,8,17-18,25H,3-5,7,9-10H2,1H3,(H,22,26)/t17-,18?/m0/s1. The number of carbonyl (C=O) groups excluding carboxylic acids is 3. The van der Waals surface area contributed by atoms with Crippen LogP contribution >= 0.6 is 0 Å². The Balaban J connectivity index is 1.57. The average Bonchev–Trinajstić information content (AvgIpc) is 3.22. The summed E-state index contributed by atoms with van der Waals surface area (Å²) in [4.78, 5) is 38.1. The summed E-state index contributed by atoms with van der Waals surface area (Å²) in [5.41, 5.74) is 2.62. The Hall–Kier alpha value is -2.94. The highest BCUT2D eigenvalue weighted by atomic mass is 19.1. The molecular weight excluding hydrogens is 381 g/mol. The topological polar surface area (TPSA) is 99.2 Å². The van der Waals surface area contributed by atoms with E-state index in [0.29, 0.717) is 37.2 Å². The van der Waals surface area contributed by atoms with Crippen LogP contribution < -0.4 is 10.2 Å². The molecule has 3 amide bonds. The molecule has 0 bridgehead atoms. The van der Waals surface area contributed by atoms with Crippen molar-refractivity contribution in [1.82, 2.24) is 10.2 Å². The molecule has 0 radical (unpaired) electrons. The Morgan fingerprint density at radius 3 is 2.83 bits per heavy atom. The summed E-state index contributed by atoms with van der Waals surface area (Å²) in [6.07, 6.45) is 1.78. The molecule has 8 nitrogen and oxygen atoms in total. The smallest absolute Gasteiger partial charge is 0.415 e. The third kappa shape index (κ3) is 3.46. The lowest BCUT2D eigenvalue weighted by Crippen LogP contribution is -2.40. The third-order valence-electron chi connectivity index (χ3n) is 5.66. The largest absolute Gasteiger partial charge is 0.442 e. The van der Waals surface area contributed by atoms with Gasteiger partial charge in [-0.3, -0.25) is 14.5 Å². The highest BCUT2D eigenvalue weighted by Gasteiger charge is 2.47. The van der Waals surface area contributed by atoms with Crippen LogP contribution in [-0.2, 0) is 20.7 Å². The van der Waals surface area contributed by atoms with Crippen LogP contribution in [0.1, 0.15) is 24.5 Å². The molecule has 29 heavy (non-hydrogen) atoms. The maximum Gasteiger partial charge on any atom is 0.415 e. The summed E-state index contributed by atoms with van der Waals surface area (Å²) < 4.78 is 20.2. The first kappa shape index (κ1) is 19.4. The molecule has 154 valence electrons. The van der Waals surface area contributed by atoms with Gasteiger partial charge in [-0.2, -0.15) is 0 Å². The Labute approximate surface area is 166 Å². The Bertz CT molecular complexity index is 916. The van der Waals surface area contributed by atoms with Gasteiger partial charge >= 0.3 is 6.09 Å². The van der Waals surface area contributed by atoms with Crippen molar-refractivity contribution >= 4 is 29.2 Å². The number of amides is 3. The summed E-state index contributed by atoms with van der Waals surface area (Å²) in [7, 11) is 0. The van der Waals surface area contributed by atoms with Gasteiger partial charge in [0.25, 0.3) is 0 Å². The molecule has 3 aliphatic heterocycles. The summed E-state index contributed by atoms with van der Waals surface area (Å²) in [5, 5.41) is 11.6. The predicted molar refractivity (Wildman–Crippen MR) is 102 cm³/mol. The van der Waals surface area contributed by atoms with Gasteiger partial charge in [-0.05, 0) is 36.1 Å². The van der Waals surface area contributed by atoms with Crippen LogP contribution in [0.25, 0.3) is 5.57 Å². The van der Waals surface area contributed by atoms with Crippen LogP contribution in [0.5, 0.6) is 0 Å². The highest BCUT2D eigenvalue weighted by molar-refractivity contribution is 5.94. The van der Waals surface area contributed by atoms with Gasteiger partial charge in [-0.1, -0.05) is 6.08 Å². The summed E-state index contributed by atoms with van der Waals surface area (Å²) in [5.74, 6) is -0.990. The van der Waals surface area contributed by atoms with Crippen LogP contribution in [0.2, 0.25) is 0 Å². The van der Waals surface area contributed by atoms with E-state index in [1.165, 1.54) is 22.8 Å². The van der Waals surface area contributed by atoms with Crippen molar-refractivity contribution in [3.8, 4) is 0 Å². The van der Waals surface area contributed by atoms with Crippen LogP contribution in [-0.4, -0.2) is 66.3 Å². The van der Waals surface area contributed by atoms with Gasteiger partial charge < -0.3 is 20.1 Å². The fraction of sp³-hybridized carbons (Fsp3) is 0.450. The number of rotatable bonds is 4. The first-order valence-electron chi connectivity index (χ1n) is 9.53. The SMILES string of the molecule is CC(=O)NCC1OC(=O)N2c3cc(F)c(C4=CCN(C(=O)CO)CC4)cc3C[C@@H]12. The van der Waals surface area contributed by atoms with E-state index in [2.05, 4.69) is 5.32 Å². The average molecular weight is 403 g/mol. The second-order valence-corrected chi connectivity index (χ2v) is 7.44. The maximum absolute atomic E-state index is 14.9. The molecule has 0 aliphatic carbocycles. The quantitative estimate of drug-likeness (QED) is 0.776. The third-order valence-corrected chi connectivity index (χ3v) is 5.66. The summed E-state index contributed by atoms with van der Waals surface area (Å²) in [6, 6.07) is 2.84. The highest BCUT2D eigenvalue weighted by Crippen LogP contribution is 2.41. The molecule has 0 aromatic heterocycles. The molecule has 2 N–H and O–H groups in total. The fourth-order valence-electron chi connectivity index (χ4n) is 4.20. The minimum atomic E-state index is -0.538. The number of nitrogens with one attached hydrogen (secondary N) is 1. The summed E-state index contributed by atoms with van der Waals surface area (Å²) >= 11 is 0. The number of benzene rings is 1. The van der Waals surface area contributed by atoms with Crippen molar-refractivity contribution in [1.29, 1.82) is 0 Å². The Kier molecular flexibility index (Phi) is 4.99. The van der Waals surface area contributed by atoms with Crippen molar-refractivity contribution < 1.29 is 28.6 Å². The Morgan fingerprint density at radius 2 is 2.17 bits per heavy atom. The number of hydrogen-bond acceptors (Lipinski definition) is 5. The van der Waals surface area contributed by atoms with E-state index in [1.54, 1.807) is 12.1 Å². The lowest BCUT2D eigenvalue weighted by Gasteiger charge is -2.26. The summed E-state index contributed by atoms with van der Waals surface area (Å²) in [6.45, 7) is 1.81. The van der Waals surface area contributed by atoms with E-state index < -0.39 is 24.6 Å².